The van der Waals surface area contributed by atoms with Crippen LogP contribution in [0, 0.1) is 0 Å². The summed E-state index contributed by atoms with van der Waals surface area (Å²) in [5.74, 6) is 2.06. The summed E-state index contributed by atoms with van der Waals surface area (Å²) in [6.45, 7) is 0. The molecular weight excluding hydrogens is 415 g/mol. The van der Waals surface area contributed by atoms with Crippen LogP contribution in [0.3, 0.4) is 0 Å². The predicted octanol–water partition coefficient (Wildman–Crippen LogP) is 6.16. The van der Waals surface area contributed by atoms with Crippen molar-refractivity contribution in [1.29, 1.82) is 0 Å². The molecule has 1 aliphatic heterocycles. The van der Waals surface area contributed by atoms with Crippen LogP contribution in [0.25, 0.3) is 28.4 Å². The van der Waals surface area contributed by atoms with Gasteiger partial charge in [-0.25, -0.2) is 4.68 Å². The molecule has 5 nitrogen and oxygen atoms in total. The van der Waals surface area contributed by atoms with Gasteiger partial charge in [0.2, 0.25) is 5.16 Å². The van der Waals surface area contributed by atoms with E-state index in [1.807, 2.05) is 52.5 Å². The number of nitrogens with one attached hydrogen (secondary N) is 1. The number of hydrogen-bond acceptors (Lipinski definition) is 5. The van der Waals surface area contributed by atoms with E-state index in [-0.39, 0.29) is 0 Å². The fraction of sp³-hybridized carbons (Fsp3) is 0. The van der Waals surface area contributed by atoms with Gasteiger partial charge in [-0.2, -0.15) is 0 Å². The molecule has 1 N–H and O–H groups in total. The molecule has 8 heteroatoms. The van der Waals surface area contributed by atoms with Gasteiger partial charge in [-0.1, -0.05) is 65.3 Å². The Bertz CT molecular complexity index is 1200. The molecule has 5 rings (SSSR count). The zero-order valence-electron chi connectivity index (χ0n) is 14.3. The number of aromatic nitrogens is 3. The van der Waals surface area contributed by atoms with Crippen LogP contribution in [0.15, 0.2) is 75.6 Å². The first-order valence-corrected chi connectivity index (χ1v) is 10.0. The zero-order valence-corrected chi connectivity index (χ0v) is 16.6. The van der Waals surface area contributed by atoms with E-state index in [0.29, 0.717) is 21.6 Å². The maximum atomic E-state index is 6.29. The Balaban J connectivity index is 1.47. The SMILES string of the molecule is Clc1ccc(Cl)c(-c2ccc(C3=CSc4nnc(-c5ccccc5)n4N3)o2)c1. The lowest BCUT2D eigenvalue weighted by molar-refractivity contribution is 0.565. The molecule has 3 heterocycles. The maximum absolute atomic E-state index is 6.29. The molecule has 0 radical (unpaired) electrons. The predicted molar refractivity (Wildman–Crippen MR) is 113 cm³/mol. The fourth-order valence-corrected chi connectivity index (χ4v) is 4.01. The standard InChI is InChI=1S/C20H12Cl2N4OS/c21-13-6-7-15(22)14(10-13)17-8-9-18(27-17)16-11-28-20-24-23-19(26(20)25-16)12-4-2-1-3-5-12/h1-11,25H. The smallest absolute Gasteiger partial charge is 0.214 e. The van der Waals surface area contributed by atoms with Crippen molar-refractivity contribution < 1.29 is 4.42 Å². The van der Waals surface area contributed by atoms with Gasteiger partial charge < -0.3 is 4.42 Å². The second kappa shape index (κ2) is 7.05. The Morgan fingerprint density at radius 1 is 0.929 bits per heavy atom. The Morgan fingerprint density at radius 3 is 2.61 bits per heavy atom. The molecule has 0 saturated heterocycles. The highest BCUT2D eigenvalue weighted by Crippen LogP contribution is 2.36. The zero-order chi connectivity index (χ0) is 19.1. The number of benzene rings is 2. The van der Waals surface area contributed by atoms with Crippen LogP contribution in [0.1, 0.15) is 5.76 Å². The fourth-order valence-electron chi connectivity index (χ4n) is 2.91. The summed E-state index contributed by atoms with van der Waals surface area (Å²) in [6.07, 6.45) is 0. The van der Waals surface area contributed by atoms with Crippen molar-refractivity contribution in [3.05, 3.63) is 81.9 Å². The van der Waals surface area contributed by atoms with Crippen LogP contribution in [0.5, 0.6) is 0 Å². The molecule has 28 heavy (non-hydrogen) atoms. The van der Waals surface area contributed by atoms with E-state index >= 15 is 0 Å². The van der Waals surface area contributed by atoms with Crippen molar-refractivity contribution in [3.8, 4) is 22.7 Å². The van der Waals surface area contributed by atoms with Gasteiger partial charge in [0.15, 0.2) is 11.6 Å². The van der Waals surface area contributed by atoms with Crippen molar-refractivity contribution in [2.45, 2.75) is 5.16 Å². The van der Waals surface area contributed by atoms with E-state index in [2.05, 4.69) is 15.6 Å². The first-order valence-electron chi connectivity index (χ1n) is 8.39. The monoisotopic (exact) mass is 426 g/mol. The van der Waals surface area contributed by atoms with Gasteiger partial charge >= 0.3 is 0 Å². The molecule has 138 valence electrons. The van der Waals surface area contributed by atoms with Gasteiger partial charge in [0.25, 0.3) is 0 Å². The maximum Gasteiger partial charge on any atom is 0.214 e. The summed E-state index contributed by atoms with van der Waals surface area (Å²) in [7, 11) is 0. The summed E-state index contributed by atoms with van der Waals surface area (Å²) in [5, 5.41) is 12.4. The molecule has 0 spiro atoms. The average Bonchev–Trinajstić information content (AvgIpc) is 3.37. The molecule has 4 aromatic rings. The summed E-state index contributed by atoms with van der Waals surface area (Å²) < 4.78 is 7.89. The Kier molecular flexibility index (Phi) is 4.39. The van der Waals surface area contributed by atoms with E-state index in [4.69, 9.17) is 27.6 Å². The molecule has 0 aliphatic carbocycles. The minimum Gasteiger partial charge on any atom is -0.454 e. The first kappa shape index (κ1) is 17.4. The normalized spacial score (nSPS) is 13.0. The third-order valence-corrected chi connectivity index (χ3v) is 5.64. The van der Waals surface area contributed by atoms with E-state index in [0.717, 1.165) is 27.8 Å². The van der Waals surface area contributed by atoms with E-state index < -0.39 is 0 Å². The highest BCUT2D eigenvalue weighted by molar-refractivity contribution is 8.02. The van der Waals surface area contributed by atoms with Crippen molar-refractivity contribution in [2.24, 2.45) is 0 Å². The van der Waals surface area contributed by atoms with Gasteiger partial charge in [0.05, 0.1) is 5.02 Å². The minimum absolute atomic E-state index is 0.581. The third kappa shape index (κ3) is 3.09. The third-order valence-electron chi connectivity index (χ3n) is 4.25. The summed E-state index contributed by atoms with van der Waals surface area (Å²) in [5.41, 5.74) is 5.86. The van der Waals surface area contributed by atoms with Crippen LogP contribution in [0.4, 0.5) is 0 Å². The Hall–Kier alpha value is -2.67. The number of furan rings is 1. The number of fused-ring (bicyclic) bond motifs is 1. The molecular formula is C20H12Cl2N4OS. The van der Waals surface area contributed by atoms with Crippen molar-refractivity contribution in [1.82, 2.24) is 14.9 Å². The topological polar surface area (TPSA) is 55.9 Å². The second-order valence-corrected chi connectivity index (χ2v) is 7.74. The van der Waals surface area contributed by atoms with Crippen molar-refractivity contribution in [3.63, 3.8) is 0 Å². The van der Waals surface area contributed by atoms with Crippen LogP contribution in [-0.4, -0.2) is 14.9 Å². The van der Waals surface area contributed by atoms with Gasteiger partial charge in [0, 0.05) is 21.6 Å². The lowest BCUT2D eigenvalue weighted by atomic mass is 10.2. The lowest BCUT2D eigenvalue weighted by Crippen LogP contribution is -2.18. The van der Waals surface area contributed by atoms with Crippen molar-refractivity contribution >= 4 is 40.7 Å². The number of thioether (sulfide) groups is 1. The Morgan fingerprint density at radius 2 is 1.75 bits per heavy atom. The quantitative estimate of drug-likeness (QED) is 0.424. The van der Waals surface area contributed by atoms with Gasteiger partial charge in [-0.3, -0.25) is 5.43 Å². The van der Waals surface area contributed by atoms with Crippen LogP contribution in [-0.2, 0) is 0 Å². The summed E-state index contributed by atoms with van der Waals surface area (Å²) in [6, 6.07) is 19.0. The lowest BCUT2D eigenvalue weighted by Gasteiger charge is -2.17. The van der Waals surface area contributed by atoms with Crippen LogP contribution < -0.4 is 5.43 Å². The number of nitrogens with zero attached hydrogens (tertiary/aromatic N) is 3. The number of rotatable bonds is 3. The molecule has 0 fully saturated rings. The Labute approximate surface area is 175 Å². The van der Waals surface area contributed by atoms with E-state index in [9.17, 15) is 0 Å². The second-order valence-electron chi connectivity index (χ2n) is 6.06. The number of hydrogen-bond donors (Lipinski definition) is 1. The molecule has 2 aromatic heterocycles. The summed E-state index contributed by atoms with van der Waals surface area (Å²) >= 11 is 13.9. The molecule has 0 amide bonds. The van der Waals surface area contributed by atoms with Crippen molar-refractivity contribution in [2.75, 3.05) is 5.43 Å². The largest absolute Gasteiger partial charge is 0.454 e. The molecule has 0 unspecified atom stereocenters. The van der Waals surface area contributed by atoms with E-state index in [1.165, 1.54) is 11.8 Å². The molecule has 2 aromatic carbocycles. The first-order chi connectivity index (χ1) is 13.7. The molecule has 0 saturated carbocycles. The highest BCUT2D eigenvalue weighted by atomic mass is 35.5. The summed E-state index contributed by atoms with van der Waals surface area (Å²) in [4.78, 5) is 0. The molecule has 0 bridgehead atoms. The van der Waals surface area contributed by atoms with Gasteiger partial charge in [-0.05, 0) is 30.3 Å². The van der Waals surface area contributed by atoms with Crippen LogP contribution in [0.2, 0.25) is 10.0 Å². The molecule has 0 atom stereocenters. The van der Waals surface area contributed by atoms with E-state index in [1.54, 1.807) is 18.2 Å². The highest BCUT2D eigenvalue weighted by Gasteiger charge is 2.21. The van der Waals surface area contributed by atoms with Gasteiger partial charge in [0.1, 0.15) is 11.5 Å². The minimum atomic E-state index is 0.581. The van der Waals surface area contributed by atoms with Crippen LogP contribution >= 0.6 is 35.0 Å². The number of halogens is 2. The molecule has 1 aliphatic rings. The average molecular weight is 427 g/mol. The van der Waals surface area contributed by atoms with Gasteiger partial charge in [-0.15, -0.1) is 10.2 Å².